The molecule has 0 aliphatic carbocycles. The zero-order chi connectivity index (χ0) is 15.2. The Bertz CT molecular complexity index is 336. The molecule has 1 aromatic rings. The van der Waals surface area contributed by atoms with Crippen molar-refractivity contribution in [1.29, 1.82) is 0 Å². The number of imidazole rings is 1. The second-order valence-electron chi connectivity index (χ2n) is 6.42. The second-order valence-corrected chi connectivity index (χ2v) is 6.42. The van der Waals surface area contributed by atoms with Crippen molar-refractivity contribution in [3.8, 4) is 0 Å². The first-order chi connectivity index (χ1) is 10.4. The van der Waals surface area contributed by atoms with Crippen LogP contribution in [0.25, 0.3) is 0 Å². The minimum Gasteiger partial charge on any atom is -1.00 e. The van der Waals surface area contributed by atoms with Crippen molar-refractivity contribution >= 4 is 0 Å². The average Bonchev–Trinajstić information content (AvgIpc) is 2.95. The molecule has 0 N–H and O–H groups in total. The first kappa shape index (κ1) is 21.7. The number of aryl methyl sites for hydroxylation is 2. The van der Waals surface area contributed by atoms with Crippen LogP contribution in [0.4, 0.5) is 0 Å². The predicted octanol–water partition coefficient (Wildman–Crippen LogP) is 2.50. The molecule has 130 valence electrons. The quantitative estimate of drug-likeness (QED) is 0.350. The van der Waals surface area contributed by atoms with E-state index in [9.17, 15) is 0 Å². The highest BCUT2D eigenvalue weighted by Gasteiger charge is 2.02. The molecule has 0 saturated heterocycles. The Morgan fingerprint density at radius 1 is 0.727 bits per heavy atom. The Morgan fingerprint density at radius 3 is 1.86 bits per heavy atom. The number of aromatic nitrogens is 2. The average molecular weight is 373 g/mol. The van der Waals surface area contributed by atoms with Gasteiger partial charge in [0.2, 0.25) is 6.33 Å². The predicted molar refractivity (Wildman–Crippen MR) is 91.4 cm³/mol. The normalized spacial score (nSPS) is 10.6. The molecule has 0 amide bonds. The van der Waals surface area contributed by atoms with E-state index < -0.39 is 0 Å². The lowest BCUT2D eigenvalue weighted by Crippen LogP contribution is -3.00. The van der Waals surface area contributed by atoms with Crippen molar-refractivity contribution in [1.82, 2.24) is 4.57 Å². The van der Waals surface area contributed by atoms with E-state index in [0.717, 1.165) is 0 Å². The molecule has 3 heteroatoms. The maximum atomic E-state index is 2.35. The summed E-state index contributed by atoms with van der Waals surface area (Å²) in [6, 6.07) is 0. The van der Waals surface area contributed by atoms with Crippen LogP contribution in [0.5, 0.6) is 0 Å². The van der Waals surface area contributed by atoms with Crippen molar-refractivity contribution in [2.45, 2.75) is 104 Å². The first-order valence-electron chi connectivity index (χ1n) is 9.41. The van der Waals surface area contributed by atoms with E-state index in [-0.39, 0.29) is 17.0 Å². The molecule has 2 nitrogen and oxygen atoms in total. The number of rotatable bonds is 14. The third-order valence-electron chi connectivity index (χ3n) is 4.29. The van der Waals surface area contributed by atoms with Gasteiger partial charge >= 0.3 is 0 Å². The van der Waals surface area contributed by atoms with Crippen molar-refractivity contribution in [3.63, 3.8) is 0 Å². The molecule has 0 aliphatic rings. The van der Waals surface area contributed by atoms with Gasteiger partial charge in [0, 0.05) is 0 Å². The van der Waals surface area contributed by atoms with E-state index in [4.69, 9.17) is 0 Å². The van der Waals surface area contributed by atoms with Gasteiger partial charge in [0.15, 0.2) is 0 Å². The van der Waals surface area contributed by atoms with E-state index in [1.54, 1.807) is 0 Å². The van der Waals surface area contributed by atoms with Crippen molar-refractivity contribution in [3.05, 3.63) is 18.7 Å². The summed E-state index contributed by atoms with van der Waals surface area (Å²) in [6.45, 7) is 6.90. The summed E-state index contributed by atoms with van der Waals surface area (Å²) < 4.78 is 4.67. The van der Waals surface area contributed by atoms with Gasteiger partial charge in [-0.05, 0) is 19.3 Å². The van der Waals surface area contributed by atoms with Crippen LogP contribution in [-0.2, 0) is 13.1 Å². The smallest absolute Gasteiger partial charge is 0.243 e. The van der Waals surface area contributed by atoms with E-state index >= 15 is 0 Å². The molecule has 0 bridgehead atoms. The molecule has 0 aromatic carbocycles. The SMILES string of the molecule is CCCCCCCCCCCCn1cc[n+](CCCC)c1.[Br-]. The monoisotopic (exact) mass is 372 g/mol. The van der Waals surface area contributed by atoms with Crippen molar-refractivity contribution < 1.29 is 21.5 Å². The number of hydrogen-bond donors (Lipinski definition) is 0. The third-order valence-corrected chi connectivity index (χ3v) is 4.29. The largest absolute Gasteiger partial charge is 1.00 e. The van der Waals surface area contributed by atoms with E-state index in [1.165, 1.54) is 90.1 Å². The Morgan fingerprint density at radius 2 is 1.27 bits per heavy atom. The van der Waals surface area contributed by atoms with Gasteiger partial charge in [-0.2, -0.15) is 0 Å². The van der Waals surface area contributed by atoms with Crippen LogP contribution >= 0.6 is 0 Å². The number of nitrogens with zero attached hydrogens (tertiary/aromatic N) is 2. The van der Waals surface area contributed by atoms with Gasteiger partial charge in [0.05, 0.1) is 13.1 Å². The zero-order valence-electron chi connectivity index (χ0n) is 14.9. The number of hydrogen-bond acceptors (Lipinski definition) is 0. The highest BCUT2D eigenvalue weighted by molar-refractivity contribution is 4.66. The Balaban J connectivity index is 0.00000441. The van der Waals surface area contributed by atoms with Crippen LogP contribution in [0.1, 0.15) is 90.9 Å². The molecule has 1 heterocycles. The van der Waals surface area contributed by atoms with Crippen LogP contribution in [0.3, 0.4) is 0 Å². The van der Waals surface area contributed by atoms with Crippen molar-refractivity contribution in [2.75, 3.05) is 0 Å². The van der Waals surface area contributed by atoms with Crippen molar-refractivity contribution in [2.24, 2.45) is 0 Å². The molecule has 0 unspecified atom stereocenters. The molecule has 0 spiro atoms. The molecule has 1 rings (SSSR count). The summed E-state index contributed by atoms with van der Waals surface area (Å²) in [6.07, 6.45) is 23.4. The Labute approximate surface area is 149 Å². The summed E-state index contributed by atoms with van der Waals surface area (Å²) in [4.78, 5) is 0. The van der Waals surface area contributed by atoms with Gasteiger partial charge in [0.1, 0.15) is 12.4 Å². The topological polar surface area (TPSA) is 8.81 Å². The van der Waals surface area contributed by atoms with Crippen LogP contribution < -0.4 is 21.5 Å². The fourth-order valence-corrected chi connectivity index (χ4v) is 2.83. The summed E-state index contributed by atoms with van der Waals surface area (Å²) in [5.41, 5.74) is 0. The fourth-order valence-electron chi connectivity index (χ4n) is 2.83. The summed E-state index contributed by atoms with van der Waals surface area (Å²) in [5.74, 6) is 0. The molecule has 0 aliphatic heterocycles. The molecule has 1 aromatic heterocycles. The summed E-state index contributed by atoms with van der Waals surface area (Å²) in [7, 11) is 0. The standard InChI is InChI=1S/C19H37N2.BrH/c1-3-5-7-8-9-10-11-12-13-14-16-21-18-17-20(19-21)15-6-4-2;/h17-19H,3-16H2,1-2H3;1H/q+1;/p-1. The highest BCUT2D eigenvalue weighted by Crippen LogP contribution is 2.10. The molecule has 0 fully saturated rings. The second kappa shape index (κ2) is 15.6. The highest BCUT2D eigenvalue weighted by atomic mass is 79.9. The first-order valence-corrected chi connectivity index (χ1v) is 9.41. The summed E-state index contributed by atoms with van der Waals surface area (Å²) in [5, 5.41) is 0. The van der Waals surface area contributed by atoms with Crippen LogP contribution in [0, 0.1) is 0 Å². The van der Waals surface area contributed by atoms with Gasteiger partial charge in [0.25, 0.3) is 0 Å². The third kappa shape index (κ3) is 11.3. The van der Waals surface area contributed by atoms with E-state index in [2.05, 4.69) is 41.7 Å². The Hall–Kier alpha value is -0.310. The lowest BCUT2D eigenvalue weighted by molar-refractivity contribution is -0.696. The number of halogens is 1. The fraction of sp³-hybridized carbons (Fsp3) is 0.842. The van der Waals surface area contributed by atoms with E-state index in [1.807, 2.05) is 0 Å². The van der Waals surface area contributed by atoms with Crippen LogP contribution in [-0.4, -0.2) is 4.57 Å². The molecule has 22 heavy (non-hydrogen) atoms. The maximum absolute atomic E-state index is 2.35. The molecular weight excluding hydrogens is 336 g/mol. The van der Waals surface area contributed by atoms with Crippen LogP contribution in [0.2, 0.25) is 0 Å². The minimum atomic E-state index is 0. The minimum absolute atomic E-state index is 0. The molecule has 0 atom stereocenters. The molecule has 0 radical (unpaired) electrons. The van der Waals surface area contributed by atoms with Gasteiger partial charge in [-0.1, -0.05) is 71.6 Å². The maximum Gasteiger partial charge on any atom is 0.243 e. The van der Waals surface area contributed by atoms with Gasteiger partial charge in [-0.25, -0.2) is 9.13 Å². The lowest BCUT2D eigenvalue weighted by Gasteiger charge is -2.01. The number of unbranched alkanes of at least 4 members (excludes halogenated alkanes) is 10. The summed E-state index contributed by atoms with van der Waals surface area (Å²) >= 11 is 0. The molecule has 0 saturated carbocycles. The zero-order valence-corrected chi connectivity index (χ0v) is 16.5. The van der Waals surface area contributed by atoms with Gasteiger partial charge in [-0.3, -0.25) is 0 Å². The van der Waals surface area contributed by atoms with Gasteiger partial charge < -0.3 is 17.0 Å². The van der Waals surface area contributed by atoms with Gasteiger partial charge in [-0.15, -0.1) is 0 Å². The lowest BCUT2D eigenvalue weighted by atomic mass is 10.1. The van der Waals surface area contributed by atoms with Crippen LogP contribution in [0.15, 0.2) is 18.7 Å². The Kier molecular flexibility index (Phi) is 15.4. The molecular formula is C19H37BrN2. The van der Waals surface area contributed by atoms with E-state index in [0.29, 0.717) is 0 Å².